The molecule has 1 aliphatic rings. The number of likely N-dealkylation sites (tertiary alicyclic amines) is 1. The largest absolute Gasteiger partial charge is 0.341 e. The number of hydrogen-bond acceptors (Lipinski definition) is 2. The number of aryl methyl sites for hydroxylation is 1. The molecule has 2 aromatic carbocycles. The summed E-state index contributed by atoms with van der Waals surface area (Å²) >= 11 is 6.00. The van der Waals surface area contributed by atoms with Gasteiger partial charge in [0.05, 0.1) is 0 Å². The minimum atomic E-state index is -0.505. The normalized spacial score (nSPS) is 16.7. The smallest absolute Gasteiger partial charge is 0.252 e. The molecule has 2 atom stereocenters. The number of carbonyl (C=O) groups is 2. The van der Waals surface area contributed by atoms with Crippen LogP contribution in [0.5, 0.6) is 0 Å². The lowest BCUT2D eigenvalue weighted by atomic mass is 9.88. The van der Waals surface area contributed by atoms with E-state index in [1.165, 1.54) is 5.56 Å². The fourth-order valence-electron chi connectivity index (χ4n) is 4.09. The Morgan fingerprint density at radius 1 is 1.10 bits per heavy atom. The van der Waals surface area contributed by atoms with Gasteiger partial charge in [0.2, 0.25) is 5.91 Å². The van der Waals surface area contributed by atoms with E-state index in [2.05, 4.69) is 24.4 Å². The SMILES string of the molecule is CC[C@@H](C)[C@@H](NC(=O)c1ccccc1C)C(=O)N1CCC(c2ccc(Cl)cc2)CC1. The Morgan fingerprint density at radius 2 is 1.73 bits per heavy atom. The summed E-state index contributed by atoms with van der Waals surface area (Å²) in [4.78, 5) is 28.1. The van der Waals surface area contributed by atoms with E-state index in [0.717, 1.165) is 29.8 Å². The van der Waals surface area contributed by atoms with Crippen LogP contribution in [0.4, 0.5) is 0 Å². The molecule has 5 heteroatoms. The molecule has 2 amide bonds. The van der Waals surface area contributed by atoms with Crippen LogP contribution in [0.15, 0.2) is 48.5 Å². The summed E-state index contributed by atoms with van der Waals surface area (Å²) in [5, 5.41) is 3.77. The topological polar surface area (TPSA) is 49.4 Å². The summed E-state index contributed by atoms with van der Waals surface area (Å²) in [6, 6.07) is 15.0. The van der Waals surface area contributed by atoms with E-state index in [0.29, 0.717) is 24.6 Å². The van der Waals surface area contributed by atoms with Crippen LogP contribution in [0, 0.1) is 12.8 Å². The first kappa shape index (κ1) is 22.4. The lowest BCUT2D eigenvalue weighted by molar-refractivity contribution is -0.135. The molecule has 160 valence electrons. The highest BCUT2D eigenvalue weighted by Gasteiger charge is 2.32. The maximum Gasteiger partial charge on any atom is 0.252 e. The van der Waals surface area contributed by atoms with Crippen molar-refractivity contribution in [1.29, 1.82) is 0 Å². The first-order valence-corrected chi connectivity index (χ1v) is 11.2. The highest BCUT2D eigenvalue weighted by Crippen LogP contribution is 2.29. The Balaban J connectivity index is 1.66. The van der Waals surface area contributed by atoms with Gasteiger partial charge in [0, 0.05) is 23.7 Å². The maximum absolute atomic E-state index is 13.3. The molecule has 0 bridgehead atoms. The van der Waals surface area contributed by atoms with E-state index in [1.807, 2.05) is 49.1 Å². The van der Waals surface area contributed by atoms with Gasteiger partial charge in [0.1, 0.15) is 6.04 Å². The van der Waals surface area contributed by atoms with Gasteiger partial charge in [0.25, 0.3) is 5.91 Å². The molecule has 0 unspecified atom stereocenters. The molecule has 1 saturated heterocycles. The predicted octanol–water partition coefficient (Wildman–Crippen LogP) is 5.20. The number of rotatable bonds is 6. The van der Waals surface area contributed by atoms with Gasteiger partial charge in [-0.3, -0.25) is 9.59 Å². The number of amides is 2. The highest BCUT2D eigenvalue weighted by molar-refractivity contribution is 6.30. The van der Waals surface area contributed by atoms with Crippen molar-refractivity contribution in [2.75, 3.05) is 13.1 Å². The van der Waals surface area contributed by atoms with Crippen LogP contribution in [0.25, 0.3) is 0 Å². The van der Waals surface area contributed by atoms with Crippen molar-refractivity contribution in [3.8, 4) is 0 Å². The molecule has 1 fully saturated rings. The van der Waals surface area contributed by atoms with E-state index in [1.54, 1.807) is 6.07 Å². The van der Waals surface area contributed by atoms with E-state index >= 15 is 0 Å². The molecule has 0 spiro atoms. The van der Waals surface area contributed by atoms with Gasteiger partial charge in [0.15, 0.2) is 0 Å². The maximum atomic E-state index is 13.3. The number of halogens is 1. The zero-order valence-corrected chi connectivity index (χ0v) is 18.8. The second-order valence-corrected chi connectivity index (χ2v) is 8.74. The fourth-order valence-corrected chi connectivity index (χ4v) is 4.22. The molecule has 1 N–H and O–H groups in total. The molecule has 1 aliphatic heterocycles. The van der Waals surface area contributed by atoms with Crippen molar-refractivity contribution in [3.05, 3.63) is 70.2 Å². The van der Waals surface area contributed by atoms with Crippen molar-refractivity contribution in [2.24, 2.45) is 5.92 Å². The van der Waals surface area contributed by atoms with Gasteiger partial charge in [-0.25, -0.2) is 0 Å². The zero-order chi connectivity index (χ0) is 21.7. The third kappa shape index (κ3) is 5.23. The van der Waals surface area contributed by atoms with Gasteiger partial charge >= 0.3 is 0 Å². The highest BCUT2D eigenvalue weighted by atomic mass is 35.5. The number of benzene rings is 2. The molecule has 0 aromatic heterocycles. The summed E-state index contributed by atoms with van der Waals surface area (Å²) in [7, 11) is 0. The first-order valence-electron chi connectivity index (χ1n) is 10.8. The quantitative estimate of drug-likeness (QED) is 0.690. The Hall–Kier alpha value is -2.33. The molecule has 0 aliphatic carbocycles. The average molecular weight is 427 g/mol. The van der Waals surface area contributed by atoms with Crippen LogP contribution in [0.2, 0.25) is 5.02 Å². The Bertz CT molecular complexity index is 873. The van der Waals surface area contributed by atoms with Crippen LogP contribution < -0.4 is 5.32 Å². The van der Waals surface area contributed by atoms with Crippen molar-refractivity contribution < 1.29 is 9.59 Å². The van der Waals surface area contributed by atoms with E-state index in [9.17, 15) is 9.59 Å². The van der Waals surface area contributed by atoms with Crippen LogP contribution >= 0.6 is 11.6 Å². The zero-order valence-electron chi connectivity index (χ0n) is 18.0. The molecule has 2 aromatic rings. The first-order chi connectivity index (χ1) is 14.4. The van der Waals surface area contributed by atoms with Crippen LogP contribution in [-0.2, 0) is 4.79 Å². The van der Waals surface area contributed by atoms with E-state index in [-0.39, 0.29) is 17.7 Å². The van der Waals surface area contributed by atoms with Gasteiger partial charge in [-0.05, 0) is 60.9 Å². The summed E-state index contributed by atoms with van der Waals surface area (Å²) in [5.41, 5.74) is 2.81. The lowest BCUT2D eigenvalue weighted by Gasteiger charge is -2.36. The minimum Gasteiger partial charge on any atom is -0.341 e. The predicted molar refractivity (Wildman–Crippen MR) is 122 cm³/mol. The molecule has 4 nitrogen and oxygen atoms in total. The molecule has 1 heterocycles. The van der Waals surface area contributed by atoms with Crippen LogP contribution in [0.3, 0.4) is 0 Å². The number of nitrogens with one attached hydrogen (secondary N) is 1. The Labute approximate surface area is 184 Å². The number of nitrogens with zero attached hydrogens (tertiary/aromatic N) is 1. The molecular weight excluding hydrogens is 396 g/mol. The second-order valence-electron chi connectivity index (χ2n) is 8.30. The summed E-state index contributed by atoms with van der Waals surface area (Å²) in [6.07, 6.45) is 2.67. The molecule has 0 saturated carbocycles. The van der Waals surface area contributed by atoms with Gasteiger partial charge in [-0.1, -0.05) is 62.2 Å². The monoisotopic (exact) mass is 426 g/mol. The third-order valence-electron chi connectivity index (χ3n) is 6.30. The molecule has 0 radical (unpaired) electrons. The third-order valence-corrected chi connectivity index (χ3v) is 6.56. The summed E-state index contributed by atoms with van der Waals surface area (Å²) in [6.45, 7) is 7.41. The minimum absolute atomic E-state index is 0.0286. The standard InChI is InChI=1S/C25H31ClN2O2/c1-4-17(2)23(27-24(29)22-8-6-5-7-18(22)3)25(30)28-15-13-20(14-16-28)19-9-11-21(26)12-10-19/h5-12,17,20,23H,4,13-16H2,1-3H3,(H,27,29)/t17-,23-/m1/s1. The average Bonchev–Trinajstić information content (AvgIpc) is 2.77. The van der Waals surface area contributed by atoms with E-state index in [4.69, 9.17) is 11.6 Å². The van der Waals surface area contributed by atoms with Crippen molar-refractivity contribution in [3.63, 3.8) is 0 Å². The van der Waals surface area contributed by atoms with Crippen molar-refractivity contribution in [2.45, 2.75) is 52.0 Å². The summed E-state index contributed by atoms with van der Waals surface area (Å²) < 4.78 is 0. The molecule has 3 rings (SSSR count). The lowest BCUT2D eigenvalue weighted by Crippen LogP contribution is -2.53. The number of piperidine rings is 1. The molecular formula is C25H31ClN2O2. The van der Waals surface area contributed by atoms with Crippen molar-refractivity contribution >= 4 is 23.4 Å². The summed E-state index contributed by atoms with van der Waals surface area (Å²) in [5.74, 6) is 0.359. The van der Waals surface area contributed by atoms with Gasteiger partial charge < -0.3 is 10.2 Å². The Morgan fingerprint density at radius 3 is 2.33 bits per heavy atom. The van der Waals surface area contributed by atoms with Gasteiger partial charge in [-0.15, -0.1) is 0 Å². The molecule has 30 heavy (non-hydrogen) atoms. The van der Waals surface area contributed by atoms with Gasteiger partial charge in [-0.2, -0.15) is 0 Å². The second kappa shape index (κ2) is 10.1. The van der Waals surface area contributed by atoms with Crippen LogP contribution in [0.1, 0.15) is 60.5 Å². The Kier molecular flexibility index (Phi) is 7.54. The van der Waals surface area contributed by atoms with Crippen LogP contribution in [-0.4, -0.2) is 35.8 Å². The number of hydrogen-bond donors (Lipinski definition) is 1. The van der Waals surface area contributed by atoms with Crippen molar-refractivity contribution in [1.82, 2.24) is 10.2 Å². The van der Waals surface area contributed by atoms with E-state index < -0.39 is 6.04 Å². The number of carbonyl (C=O) groups excluding carboxylic acids is 2. The fraction of sp³-hybridized carbons (Fsp3) is 0.440.